The molecule has 3 aliphatic carbocycles. The van der Waals surface area contributed by atoms with Crippen molar-refractivity contribution in [3.8, 4) is 0 Å². The lowest BCUT2D eigenvalue weighted by molar-refractivity contribution is -0.122. The Kier molecular flexibility index (Phi) is 5.10. The maximum absolute atomic E-state index is 14.2. The van der Waals surface area contributed by atoms with Gasteiger partial charge >= 0.3 is 0 Å². The van der Waals surface area contributed by atoms with Crippen LogP contribution in [0.25, 0.3) is 0 Å². The van der Waals surface area contributed by atoms with Gasteiger partial charge in [-0.15, -0.1) is 0 Å². The van der Waals surface area contributed by atoms with Crippen molar-refractivity contribution in [1.29, 1.82) is 0 Å². The molecule has 1 saturated heterocycles. The van der Waals surface area contributed by atoms with Crippen LogP contribution >= 0.6 is 31.9 Å². The quantitative estimate of drug-likeness (QED) is 0.213. The van der Waals surface area contributed by atoms with Crippen LogP contribution in [0.3, 0.4) is 0 Å². The molecule has 0 spiro atoms. The molecule has 3 amide bonds. The van der Waals surface area contributed by atoms with E-state index >= 15 is 0 Å². The van der Waals surface area contributed by atoms with Crippen LogP contribution < -0.4 is 10.2 Å². The zero-order valence-corrected chi connectivity index (χ0v) is 23.1. The first-order valence-electron chi connectivity index (χ1n) is 12.3. The Labute approximate surface area is 236 Å². The molecule has 0 unspecified atom stereocenters. The number of halogens is 2. The molecule has 2 bridgehead atoms. The molecule has 0 aromatic heterocycles. The summed E-state index contributed by atoms with van der Waals surface area (Å²) in [6.07, 6.45) is 0. The van der Waals surface area contributed by atoms with Crippen LogP contribution in [0.15, 0.2) is 103 Å². The number of anilines is 2. The number of benzene rings is 4. The van der Waals surface area contributed by atoms with Crippen molar-refractivity contribution in [2.45, 2.75) is 8.65 Å². The summed E-state index contributed by atoms with van der Waals surface area (Å²) >= 11 is 8.05. The van der Waals surface area contributed by atoms with E-state index < -0.39 is 20.5 Å². The second-order valence-electron chi connectivity index (χ2n) is 9.85. The molecule has 0 saturated carbocycles. The predicted octanol–water partition coefficient (Wildman–Crippen LogP) is 6.35. The number of carbonyl (C=O) groups is 3. The fourth-order valence-electron chi connectivity index (χ4n) is 6.44. The van der Waals surface area contributed by atoms with Gasteiger partial charge in [-0.05, 0) is 52.6 Å². The molecule has 5 nitrogen and oxygen atoms in total. The Bertz CT molecular complexity index is 1550. The molecule has 4 aliphatic rings. The molecule has 8 rings (SSSR count). The van der Waals surface area contributed by atoms with E-state index in [4.69, 9.17) is 0 Å². The minimum Gasteiger partial charge on any atom is -0.322 e. The average molecular weight is 628 g/mol. The van der Waals surface area contributed by atoms with E-state index in [0.29, 0.717) is 16.9 Å². The molecule has 0 radical (unpaired) electrons. The summed E-state index contributed by atoms with van der Waals surface area (Å²) in [5.74, 6) is -2.10. The largest absolute Gasteiger partial charge is 0.322 e. The zero-order valence-electron chi connectivity index (χ0n) is 19.9. The van der Waals surface area contributed by atoms with Gasteiger partial charge in [0.25, 0.3) is 5.91 Å². The van der Waals surface area contributed by atoms with Gasteiger partial charge in [0.05, 0.1) is 26.2 Å². The minimum atomic E-state index is -0.846. The van der Waals surface area contributed by atoms with Crippen LogP contribution in [-0.2, 0) is 18.2 Å². The summed E-state index contributed by atoms with van der Waals surface area (Å²) in [5, 5.41) is 2.88. The van der Waals surface area contributed by atoms with E-state index in [1.54, 1.807) is 48.5 Å². The second-order valence-corrected chi connectivity index (χ2v) is 12.4. The molecule has 4 aromatic carbocycles. The molecule has 1 aliphatic heterocycles. The molecule has 1 heterocycles. The zero-order chi connectivity index (χ0) is 26.2. The van der Waals surface area contributed by atoms with Crippen molar-refractivity contribution in [1.82, 2.24) is 0 Å². The Hall–Kier alpha value is -3.55. The molecule has 4 aromatic rings. The first kappa shape index (κ1) is 23.6. The third-order valence-corrected chi connectivity index (χ3v) is 10.7. The van der Waals surface area contributed by atoms with Gasteiger partial charge in [-0.1, -0.05) is 105 Å². The number of nitrogens with zero attached hydrogens (tertiary/aromatic N) is 1. The Morgan fingerprint density at radius 3 is 1.63 bits per heavy atom. The van der Waals surface area contributed by atoms with Crippen molar-refractivity contribution in [2.24, 2.45) is 11.8 Å². The Morgan fingerprint density at radius 1 is 0.658 bits per heavy atom. The standard InChI is InChI=1S/C31H20Br2N2O3/c32-30-21-13-4-5-14-22(21)31(33,24-16-7-6-15-23(24)30)26-25(30)28(37)35(29(26)38)20-12-8-11-19(17-20)34-27(36)18-9-2-1-3-10-18/h1-17,25-26H,(H,34,36)/t25-,26+,30?,31?. The van der Waals surface area contributed by atoms with E-state index in [1.165, 1.54) is 4.90 Å². The van der Waals surface area contributed by atoms with E-state index in [0.717, 1.165) is 22.3 Å². The van der Waals surface area contributed by atoms with Gasteiger partial charge in [-0.25, -0.2) is 4.90 Å². The Morgan fingerprint density at radius 2 is 1.13 bits per heavy atom. The normalized spacial score (nSPS) is 26.5. The number of amides is 3. The summed E-state index contributed by atoms with van der Waals surface area (Å²) in [7, 11) is 0. The van der Waals surface area contributed by atoms with E-state index in [2.05, 4.69) is 37.2 Å². The average Bonchev–Trinajstić information content (AvgIpc) is 3.23. The molecule has 2 atom stereocenters. The van der Waals surface area contributed by atoms with Gasteiger partial charge < -0.3 is 5.32 Å². The molecule has 186 valence electrons. The minimum absolute atomic E-state index is 0.265. The van der Waals surface area contributed by atoms with Crippen LogP contribution in [0, 0.1) is 11.8 Å². The maximum Gasteiger partial charge on any atom is 0.255 e. The molecule has 1 fully saturated rings. The highest BCUT2D eigenvalue weighted by Crippen LogP contribution is 2.70. The first-order valence-corrected chi connectivity index (χ1v) is 13.9. The van der Waals surface area contributed by atoms with Crippen LogP contribution in [0.2, 0.25) is 0 Å². The number of rotatable bonds is 3. The van der Waals surface area contributed by atoms with Crippen molar-refractivity contribution in [3.05, 3.63) is 131 Å². The Balaban J connectivity index is 1.33. The summed E-state index contributed by atoms with van der Waals surface area (Å²) in [6.45, 7) is 0. The molecule has 7 heteroatoms. The van der Waals surface area contributed by atoms with E-state index in [1.807, 2.05) is 54.6 Å². The summed E-state index contributed by atoms with van der Waals surface area (Å²) in [6, 6.07) is 31.8. The molecule has 1 N–H and O–H groups in total. The number of imide groups is 1. The number of hydrogen-bond donors (Lipinski definition) is 1. The third kappa shape index (κ3) is 2.94. The van der Waals surface area contributed by atoms with Gasteiger partial charge in [0.15, 0.2) is 0 Å². The number of carbonyl (C=O) groups excluding carboxylic acids is 3. The van der Waals surface area contributed by atoms with Crippen LogP contribution in [-0.4, -0.2) is 17.7 Å². The lowest BCUT2D eigenvalue weighted by Crippen LogP contribution is -2.56. The molecular weight excluding hydrogens is 608 g/mol. The third-order valence-electron chi connectivity index (χ3n) is 7.98. The van der Waals surface area contributed by atoms with Gasteiger partial charge in [0.2, 0.25) is 11.8 Å². The van der Waals surface area contributed by atoms with Gasteiger partial charge in [0.1, 0.15) is 0 Å². The number of alkyl halides is 2. The lowest BCUT2D eigenvalue weighted by Gasteiger charge is -2.55. The number of nitrogens with one attached hydrogen (secondary N) is 1. The monoisotopic (exact) mass is 626 g/mol. The van der Waals surface area contributed by atoms with E-state index in [-0.39, 0.29) is 17.7 Å². The van der Waals surface area contributed by atoms with Gasteiger partial charge in [0, 0.05) is 11.3 Å². The smallest absolute Gasteiger partial charge is 0.255 e. The summed E-state index contributed by atoms with van der Waals surface area (Å²) in [5.41, 5.74) is 5.41. The molecular formula is C31H20Br2N2O3. The lowest BCUT2D eigenvalue weighted by atomic mass is 9.54. The van der Waals surface area contributed by atoms with Crippen molar-refractivity contribution < 1.29 is 14.4 Å². The van der Waals surface area contributed by atoms with Crippen molar-refractivity contribution in [2.75, 3.05) is 10.2 Å². The van der Waals surface area contributed by atoms with Crippen molar-refractivity contribution >= 4 is 61.0 Å². The van der Waals surface area contributed by atoms with Crippen LogP contribution in [0.5, 0.6) is 0 Å². The predicted molar refractivity (Wildman–Crippen MR) is 153 cm³/mol. The SMILES string of the molecule is O=C(Nc1cccc(N2C(=O)[C@@H]3[C@H](C2=O)C2(Br)c4ccccc4C3(Br)c3ccccc32)c1)c1ccccc1. The van der Waals surface area contributed by atoms with Crippen LogP contribution in [0.1, 0.15) is 32.6 Å². The second kappa shape index (κ2) is 8.22. The van der Waals surface area contributed by atoms with Crippen molar-refractivity contribution in [3.63, 3.8) is 0 Å². The highest BCUT2D eigenvalue weighted by Gasteiger charge is 2.72. The highest BCUT2D eigenvalue weighted by molar-refractivity contribution is 9.10. The van der Waals surface area contributed by atoms with E-state index in [9.17, 15) is 14.4 Å². The van der Waals surface area contributed by atoms with Gasteiger partial charge in [-0.2, -0.15) is 0 Å². The first-order chi connectivity index (χ1) is 18.4. The fraction of sp³-hybridized carbons (Fsp3) is 0.129. The summed E-state index contributed by atoms with van der Waals surface area (Å²) < 4.78 is -1.69. The topological polar surface area (TPSA) is 66.5 Å². The maximum atomic E-state index is 14.2. The van der Waals surface area contributed by atoms with Gasteiger partial charge in [-0.3, -0.25) is 14.4 Å². The number of hydrogen-bond acceptors (Lipinski definition) is 3. The van der Waals surface area contributed by atoms with Crippen LogP contribution in [0.4, 0.5) is 11.4 Å². The fourth-order valence-corrected chi connectivity index (χ4v) is 8.74. The highest BCUT2D eigenvalue weighted by atomic mass is 79.9. The molecule has 38 heavy (non-hydrogen) atoms. The summed E-state index contributed by atoms with van der Waals surface area (Å²) in [4.78, 5) is 42.5.